The number of carbonyl (C=O) groups is 3. The molecule has 0 radical (unpaired) electrons. The molecule has 180 valence electrons. The SMILES string of the molecule is CCOc1ccc(/C=C2/SC(=S)N(CC(=O)NNC(=O)CSc3nc4ccccc4[nH]3)C2=O)cc1. The van der Waals surface area contributed by atoms with Crippen molar-refractivity contribution in [3.63, 3.8) is 0 Å². The summed E-state index contributed by atoms with van der Waals surface area (Å²) in [6.07, 6.45) is 1.71. The third-order valence-corrected chi connectivity index (χ3v) is 6.96. The Morgan fingerprint density at radius 3 is 2.66 bits per heavy atom. The summed E-state index contributed by atoms with van der Waals surface area (Å²) in [5.41, 5.74) is 7.16. The van der Waals surface area contributed by atoms with Crippen LogP contribution in [0.2, 0.25) is 0 Å². The first-order valence-electron chi connectivity index (χ1n) is 10.6. The first-order chi connectivity index (χ1) is 16.9. The van der Waals surface area contributed by atoms with Gasteiger partial charge in [-0.1, -0.05) is 60.0 Å². The number of fused-ring (bicyclic) bond motifs is 1. The molecule has 2 aromatic carbocycles. The molecule has 1 fully saturated rings. The zero-order valence-corrected chi connectivity index (χ0v) is 21.0. The molecule has 1 aromatic heterocycles. The van der Waals surface area contributed by atoms with Crippen LogP contribution in [0, 0.1) is 0 Å². The fraction of sp³-hybridized carbons (Fsp3) is 0.174. The monoisotopic (exact) mass is 527 g/mol. The lowest BCUT2D eigenvalue weighted by Crippen LogP contribution is -2.47. The van der Waals surface area contributed by atoms with Crippen molar-refractivity contribution >= 4 is 74.9 Å². The first kappa shape index (κ1) is 24.8. The maximum absolute atomic E-state index is 12.7. The highest BCUT2D eigenvalue weighted by Crippen LogP contribution is 2.32. The van der Waals surface area contributed by atoms with Gasteiger partial charge in [-0.3, -0.25) is 30.1 Å². The summed E-state index contributed by atoms with van der Waals surface area (Å²) in [5.74, 6) is -0.551. The minimum atomic E-state index is -0.564. The Morgan fingerprint density at radius 1 is 1.17 bits per heavy atom. The van der Waals surface area contributed by atoms with Crippen LogP contribution in [-0.4, -0.2) is 55.8 Å². The molecule has 0 bridgehead atoms. The zero-order valence-electron chi connectivity index (χ0n) is 18.6. The molecule has 9 nitrogen and oxygen atoms in total. The second-order valence-corrected chi connectivity index (χ2v) is 9.85. The van der Waals surface area contributed by atoms with Crippen molar-refractivity contribution in [3.8, 4) is 5.75 Å². The van der Waals surface area contributed by atoms with Crippen LogP contribution in [0.15, 0.2) is 58.6 Å². The third-order valence-electron chi connectivity index (χ3n) is 4.71. The van der Waals surface area contributed by atoms with Crippen LogP contribution in [0.5, 0.6) is 5.75 Å². The second-order valence-electron chi connectivity index (χ2n) is 7.21. The van der Waals surface area contributed by atoms with E-state index in [4.69, 9.17) is 17.0 Å². The maximum atomic E-state index is 12.7. The number of imidazole rings is 1. The summed E-state index contributed by atoms with van der Waals surface area (Å²) >= 11 is 7.60. The van der Waals surface area contributed by atoms with Gasteiger partial charge in [0.15, 0.2) is 5.16 Å². The fourth-order valence-electron chi connectivity index (χ4n) is 3.10. The number of thiocarbonyl (C=S) groups is 1. The lowest BCUT2D eigenvalue weighted by Gasteiger charge is -2.14. The number of hydrogen-bond acceptors (Lipinski definition) is 8. The van der Waals surface area contributed by atoms with E-state index < -0.39 is 11.8 Å². The highest BCUT2D eigenvalue weighted by Gasteiger charge is 2.33. The number of ether oxygens (including phenoxy) is 1. The number of rotatable bonds is 8. The Bertz CT molecular complexity index is 1270. The predicted molar refractivity (Wildman–Crippen MR) is 141 cm³/mol. The summed E-state index contributed by atoms with van der Waals surface area (Å²) in [6, 6.07) is 14.9. The van der Waals surface area contributed by atoms with Gasteiger partial charge in [-0.2, -0.15) is 0 Å². The molecule has 3 amide bonds. The summed E-state index contributed by atoms with van der Waals surface area (Å²) in [6.45, 7) is 2.17. The highest BCUT2D eigenvalue weighted by molar-refractivity contribution is 8.26. The third kappa shape index (κ3) is 6.41. The molecule has 3 N–H and O–H groups in total. The van der Waals surface area contributed by atoms with Crippen molar-refractivity contribution in [2.24, 2.45) is 0 Å². The average molecular weight is 528 g/mol. The fourth-order valence-corrected chi connectivity index (χ4v) is 5.05. The van der Waals surface area contributed by atoms with Gasteiger partial charge in [-0.25, -0.2) is 4.98 Å². The Balaban J connectivity index is 1.25. The quantitative estimate of drug-likeness (QED) is 0.177. The second kappa shape index (κ2) is 11.4. The van der Waals surface area contributed by atoms with E-state index in [9.17, 15) is 14.4 Å². The highest BCUT2D eigenvalue weighted by atomic mass is 32.2. The van der Waals surface area contributed by atoms with Gasteiger partial charge in [0.2, 0.25) is 5.91 Å². The molecule has 4 rings (SSSR count). The normalized spacial score (nSPS) is 14.5. The largest absolute Gasteiger partial charge is 0.494 e. The van der Waals surface area contributed by atoms with Gasteiger partial charge in [0.25, 0.3) is 11.8 Å². The van der Waals surface area contributed by atoms with E-state index in [0.717, 1.165) is 34.1 Å². The molecule has 1 aliphatic rings. The van der Waals surface area contributed by atoms with E-state index in [1.807, 2.05) is 55.5 Å². The van der Waals surface area contributed by atoms with Gasteiger partial charge in [0.1, 0.15) is 16.6 Å². The van der Waals surface area contributed by atoms with Gasteiger partial charge >= 0.3 is 0 Å². The zero-order chi connectivity index (χ0) is 24.8. The molecular weight excluding hydrogens is 506 g/mol. The molecule has 0 aliphatic carbocycles. The van der Waals surface area contributed by atoms with Crippen molar-refractivity contribution in [2.75, 3.05) is 18.9 Å². The minimum Gasteiger partial charge on any atom is -0.494 e. The summed E-state index contributed by atoms with van der Waals surface area (Å²) < 4.78 is 5.69. The lowest BCUT2D eigenvalue weighted by molar-refractivity contribution is -0.131. The number of aromatic amines is 1. The van der Waals surface area contributed by atoms with E-state index in [-0.39, 0.29) is 22.5 Å². The molecule has 3 aromatic rings. The Morgan fingerprint density at radius 2 is 1.91 bits per heavy atom. The number of hydrogen-bond donors (Lipinski definition) is 3. The molecule has 0 spiro atoms. The number of para-hydroxylation sites is 2. The van der Waals surface area contributed by atoms with Crippen molar-refractivity contribution in [2.45, 2.75) is 12.1 Å². The molecule has 12 heteroatoms. The topological polar surface area (TPSA) is 116 Å². The van der Waals surface area contributed by atoms with E-state index in [0.29, 0.717) is 16.7 Å². The van der Waals surface area contributed by atoms with E-state index >= 15 is 0 Å². The van der Waals surface area contributed by atoms with Crippen molar-refractivity contribution < 1.29 is 19.1 Å². The number of amides is 3. The standard InChI is InChI=1S/C23H21N5O4S3/c1-2-32-15-9-7-14(8-10-15)11-18-21(31)28(23(33)35-18)12-19(29)26-27-20(30)13-34-22-24-16-5-3-4-6-17(16)25-22/h3-11H,2,12-13H2,1H3,(H,24,25)(H,26,29)(H,27,30)/b18-11+. The summed E-state index contributed by atoms with van der Waals surface area (Å²) in [4.78, 5) is 46.3. The number of nitrogens with one attached hydrogen (secondary N) is 3. The van der Waals surface area contributed by atoms with Gasteiger partial charge in [-0.15, -0.1) is 0 Å². The molecule has 0 saturated carbocycles. The van der Waals surface area contributed by atoms with Gasteiger partial charge in [0.05, 0.1) is 28.3 Å². The van der Waals surface area contributed by atoms with Crippen LogP contribution in [0.1, 0.15) is 12.5 Å². The molecule has 1 saturated heterocycles. The summed E-state index contributed by atoms with van der Waals surface area (Å²) in [5, 5.41) is 0.601. The van der Waals surface area contributed by atoms with Gasteiger partial charge in [-0.05, 0) is 42.8 Å². The minimum absolute atomic E-state index is 0.0476. The summed E-state index contributed by atoms with van der Waals surface area (Å²) in [7, 11) is 0. The van der Waals surface area contributed by atoms with Crippen LogP contribution in [0.25, 0.3) is 17.1 Å². The van der Waals surface area contributed by atoms with Gasteiger partial charge < -0.3 is 9.72 Å². The number of aromatic nitrogens is 2. The molecule has 2 heterocycles. The molecule has 1 aliphatic heterocycles. The number of thioether (sulfide) groups is 2. The smallest absolute Gasteiger partial charge is 0.266 e. The van der Waals surface area contributed by atoms with Crippen LogP contribution in [-0.2, 0) is 14.4 Å². The van der Waals surface area contributed by atoms with Crippen molar-refractivity contribution in [3.05, 3.63) is 59.0 Å². The molecule has 0 unspecified atom stereocenters. The number of hydrazine groups is 1. The lowest BCUT2D eigenvalue weighted by atomic mass is 10.2. The maximum Gasteiger partial charge on any atom is 0.266 e. The number of nitrogens with zero attached hydrogens (tertiary/aromatic N) is 2. The van der Waals surface area contributed by atoms with Gasteiger partial charge in [0, 0.05) is 0 Å². The van der Waals surface area contributed by atoms with Crippen LogP contribution in [0.4, 0.5) is 0 Å². The number of benzene rings is 2. The molecular formula is C23H21N5O4S3. The van der Waals surface area contributed by atoms with Crippen LogP contribution in [0.3, 0.4) is 0 Å². The van der Waals surface area contributed by atoms with Crippen LogP contribution < -0.4 is 15.6 Å². The van der Waals surface area contributed by atoms with E-state index in [2.05, 4.69) is 20.8 Å². The van der Waals surface area contributed by atoms with Crippen molar-refractivity contribution in [1.29, 1.82) is 0 Å². The van der Waals surface area contributed by atoms with E-state index in [1.165, 1.54) is 16.7 Å². The molecule has 0 atom stereocenters. The Labute approximate surface area is 215 Å². The predicted octanol–water partition coefficient (Wildman–Crippen LogP) is 3.10. The Hall–Kier alpha value is -3.35. The average Bonchev–Trinajstić information content (AvgIpc) is 3.38. The van der Waals surface area contributed by atoms with E-state index in [1.54, 1.807) is 6.08 Å². The Kier molecular flexibility index (Phi) is 8.06. The first-order valence-corrected chi connectivity index (χ1v) is 12.8. The van der Waals surface area contributed by atoms with Crippen molar-refractivity contribution in [1.82, 2.24) is 25.7 Å². The number of carbonyl (C=O) groups excluding carboxylic acids is 3. The van der Waals surface area contributed by atoms with Crippen LogP contribution >= 0.6 is 35.7 Å². The molecule has 35 heavy (non-hydrogen) atoms. The number of H-pyrrole nitrogens is 1.